The average molecular weight is 797 g/mol. The van der Waals surface area contributed by atoms with Crippen LogP contribution >= 0.6 is 0 Å². The Morgan fingerprint density at radius 1 is 0.311 bits per heavy atom. The van der Waals surface area contributed by atoms with Gasteiger partial charge < -0.3 is 9.80 Å². The Labute approximate surface area is 359 Å². The molecular formula is C58H44N2Si. The van der Waals surface area contributed by atoms with Crippen molar-refractivity contribution in [1.29, 1.82) is 0 Å². The van der Waals surface area contributed by atoms with E-state index in [9.17, 15) is 0 Å². The second-order valence-electron chi connectivity index (χ2n) is 16.5. The summed E-state index contributed by atoms with van der Waals surface area (Å²) < 4.78 is 0. The number of benzene rings is 10. The van der Waals surface area contributed by atoms with Gasteiger partial charge in [-0.3, -0.25) is 0 Å². The van der Waals surface area contributed by atoms with Crippen LogP contribution in [-0.4, -0.2) is 8.07 Å². The van der Waals surface area contributed by atoms with Gasteiger partial charge in [0.2, 0.25) is 0 Å². The van der Waals surface area contributed by atoms with E-state index in [1.165, 1.54) is 82.4 Å². The summed E-state index contributed by atoms with van der Waals surface area (Å²) in [6.07, 6.45) is 0. The highest BCUT2D eigenvalue weighted by Crippen LogP contribution is 2.45. The van der Waals surface area contributed by atoms with Gasteiger partial charge in [0.25, 0.3) is 0 Å². The molecule has 0 spiro atoms. The van der Waals surface area contributed by atoms with Gasteiger partial charge in [-0.1, -0.05) is 183 Å². The maximum atomic E-state index is 2.53. The van der Waals surface area contributed by atoms with E-state index in [1.807, 2.05) is 0 Å². The van der Waals surface area contributed by atoms with Crippen LogP contribution in [0.15, 0.2) is 231 Å². The lowest BCUT2D eigenvalue weighted by Gasteiger charge is -2.36. The molecule has 10 aromatic carbocycles. The van der Waals surface area contributed by atoms with E-state index in [4.69, 9.17) is 0 Å². The zero-order valence-corrected chi connectivity index (χ0v) is 35.3. The minimum Gasteiger partial charge on any atom is -0.310 e. The smallest absolute Gasteiger partial charge is 0.113 e. The molecule has 0 unspecified atom stereocenters. The quantitative estimate of drug-likeness (QED) is 0.141. The average Bonchev–Trinajstić information content (AvgIpc) is 3.33. The van der Waals surface area contributed by atoms with Crippen molar-refractivity contribution in [3.8, 4) is 33.4 Å². The third-order valence-corrected chi connectivity index (χ3v) is 16.2. The molecule has 10 aromatic rings. The molecule has 0 saturated carbocycles. The summed E-state index contributed by atoms with van der Waals surface area (Å²) in [6, 6.07) is 84.5. The van der Waals surface area contributed by atoms with Gasteiger partial charge in [-0.2, -0.15) is 0 Å². The Morgan fingerprint density at radius 2 is 0.770 bits per heavy atom. The zero-order valence-electron chi connectivity index (χ0n) is 34.3. The number of rotatable bonds is 8. The van der Waals surface area contributed by atoms with Crippen LogP contribution in [0.5, 0.6) is 0 Å². The summed E-state index contributed by atoms with van der Waals surface area (Å²) in [5, 5.41) is 8.05. The molecule has 0 atom stereocenters. The number of hydrogen-bond acceptors (Lipinski definition) is 2. The van der Waals surface area contributed by atoms with Crippen LogP contribution in [0, 0.1) is 0 Å². The second kappa shape index (κ2) is 15.0. The molecule has 3 heteroatoms. The van der Waals surface area contributed by atoms with Gasteiger partial charge in [0.1, 0.15) is 8.07 Å². The summed E-state index contributed by atoms with van der Waals surface area (Å²) in [6.45, 7) is 5.07. The van der Waals surface area contributed by atoms with Crippen LogP contribution in [0.25, 0.3) is 54.9 Å². The molecule has 0 aromatic heterocycles. The van der Waals surface area contributed by atoms with E-state index >= 15 is 0 Å². The van der Waals surface area contributed by atoms with Crippen molar-refractivity contribution in [1.82, 2.24) is 0 Å². The Hall–Kier alpha value is -7.46. The normalized spacial score (nSPS) is 12.6. The van der Waals surface area contributed by atoms with Crippen molar-refractivity contribution in [3.05, 3.63) is 231 Å². The van der Waals surface area contributed by atoms with E-state index in [0.717, 1.165) is 17.1 Å². The van der Waals surface area contributed by atoms with Gasteiger partial charge in [-0.15, -0.1) is 0 Å². The third-order valence-electron chi connectivity index (χ3n) is 12.6. The minimum atomic E-state index is -2.25. The molecule has 290 valence electrons. The van der Waals surface area contributed by atoms with Gasteiger partial charge in [0.05, 0.1) is 11.4 Å². The SMILES string of the molecule is C[Si]1(C)c2cc(N(c3ccccc3)c3cccc4ccccc34)ccc2-c2ccc(N(c3ccc(-c4ccccc4)cc3)c3ccc(-c4ccccc4)cc3)c3cccc1c23. The van der Waals surface area contributed by atoms with Gasteiger partial charge in [0, 0.05) is 33.5 Å². The first kappa shape index (κ1) is 36.6. The fraction of sp³-hybridized carbons (Fsp3) is 0.0345. The number of fused-ring (bicyclic) bond motifs is 3. The summed E-state index contributed by atoms with van der Waals surface area (Å²) in [4.78, 5) is 4.89. The van der Waals surface area contributed by atoms with Crippen LogP contribution in [0.2, 0.25) is 13.1 Å². The molecule has 0 saturated heterocycles. The lowest BCUT2D eigenvalue weighted by molar-refractivity contribution is 1.29. The van der Waals surface area contributed by atoms with Crippen molar-refractivity contribution in [2.24, 2.45) is 0 Å². The van der Waals surface area contributed by atoms with Gasteiger partial charge in [-0.25, -0.2) is 0 Å². The Kier molecular flexibility index (Phi) is 8.98. The molecule has 0 bridgehead atoms. The lowest BCUT2D eigenvalue weighted by Crippen LogP contribution is -2.56. The highest BCUT2D eigenvalue weighted by molar-refractivity contribution is 7.03. The molecule has 61 heavy (non-hydrogen) atoms. The molecular weight excluding hydrogens is 753 g/mol. The molecule has 0 N–H and O–H groups in total. The van der Waals surface area contributed by atoms with E-state index in [-0.39, 0.29) is 0 Å². The zero-order chi connectivity index (χ0) is 40.9. The largest absolute Gasteiger partial charge is 0.310 e. The fourth-order valence-electron chi connectivity index (χ4n) is 9.60. The van der Waals surface area contributed by atoms with Crippen LogP contribution in [0.4, 0.5) is 34.1 Å². The first-order valence-corrected chi connectivity index (χ1v) is 24.2. The maximum Gasteiger partial charge on any atom is 0.113 e. The van der Waals surface area contributed by atoms with Crippen molar-refractivity contribution in [2.75, 3.05) is 9.80 Å². The van der Waals surface area contributed by atoms with E-state index in [2.05, 4.69) is 253 Å². The Morgan fingerprint density at radius 3 is 1.43 bits per heavy atom. The van der Waals surface area contributed by atoms with Crippen molar-refractivity contribution >= 4 is 74.1 Å². The monoisotopic (exact) mass is 796 g/mol. The lowest BCUT2D eigenvalue weighted by atomic mass is 9.94. The molecule has 0 aliphatic carbocycles. The van der Waals surface area contributed by atoms with Crippen LogP contribution < -0.4 is 20.2 Å². The topological polar surface area (TPSA) is 6.48 Å². The summed E-state index contributed by atoms with van der Waals surface area (Å²) >= 11 is 0. The highest BCUT2D eigenvalue weighted by atomic mass is 28.3. The predicted octanol–water partition coefficient (Wildman–Crippen LogP) is 15.1. The highest BCUT2D eigenvalue weighted by Gasteiger charge is 2.37. The van der Waals surface area contributed by atoms with Crippen LogP contribution in [0.1, 0.15) is 0 Å². The number of anilines is 6. The van der Waals surface area contributed by atoms with Gasteiger partial charge in [-0.05, 0) is 115 Å². The predicted molar refractivity (Wildman–Crippen MR) is 264 cm³/mol. The van der Waals surface area contributed by atoms with Crippen LogP contribution in [-0.2, 0) is 0 Å². The van der Waals surface area contributed by atoms with E-state index in [0.29, 0.717) is 0 Å². The third kappa shape index (κ3) is 6.33. The van der Waals surface area contributed by atoms with Gasteiger partial charge >= 0.3 is 0 Å². The minimum absolute atomic E-state index is 1.12. The van der Waals surface area contributed by atoms with Crippen molar-refractivity contribution in [2.45, 2.75) is 13.1 Å². The number of hydrogen-bond donors (Lipinski definition) is 0. The van der Waals surface area contributed by atoms with Gasteiger partial charge in [0.15, 0.2) is 0 Å². The van der Waals surface area contributed by atoms with Crippen molar-refractivity contribution < 1.29 is 0 Å². The molecule has 0 amide bonds. The molecule has 1 aliphatic heterocycles. The molecule has 1 heterocycles. The molecule has 2 nitrogen and oxygen atoms in total. The molecule has 1 aliphatic rings. The molecule has 0 fully saturated rings. The van der Waals surface area contributed by atoms with E-state index in [1.54, 1.807) is 0 Å². The first-order chi connectivity index (χ1) is 30.0. The number of para-hydroxylation sites is 1. The van der Waals surface area contributed by atoms with Crippen LogP contribution in [0.3, 0.4) is 0 Å². The second-order valence-corrected chi connectivity index (χ2v) is 20.9. The fourth-order valence-corrected chi connectivity index (χ4v) is 12.7. The molecule has 0 radical (unpaired) electrons. The summed E-state index contributed by atoms with van der Waals surface area (Å²) in [7, 11) is -2.25. The maximum absolute atomic E-state index is 2.53. The standard InChI is InChI=1S/C58H44N2Si/c1-61(2)56-27-15-25-53-55(59(47-32-28-43(29-33-47)41-16-6-3-7-17-41)48-34-30-44(31-35-48)42-18-8-4-9-19-42)39-38-52(58(53)56)51-37-36-49(40-57(51)61)60(46-22-10-5-11-23-46)54-26-14-21-45-20-12-13-24-50(45)54/h3-40H,1-2H3. The Balaban J connectivity index is 1.07. The Bertz CT molecular complexity index is 3110. The summed E-state index contributed by atoms with van der Waals surface area (Å²) in [5.74, 6) is 0. The molecule has 11 rings (SSSR count). The number of nitrogens with zero attached hydrogens (tertiary/aromatic N) is 2. The first-order valence-electron chi connectivity index (χ1n) is 21.2. The van der Waals surface area contributed by atoms with E-state index < -0.39 is 8.07 Å². The summed E-state index contributed by atoms with van der Waals surface area (Å²) in [5.41, 5.74) is 14.4. The van der Waals surface area contributed by atoms with Crippen molar-refractivity contribution in [3.63, 3.8) is 0 Å².